The molecule has 1 aromatic heterocycles. The Morgan fingerprint density at radius 2 is 1.53 bits per heavy atom. The second-order valence-electron chi connectivity index (χ2n) is 4.62. The van der Waals surface area contributed by atoms with Crippen LogP contribution in [0.1, 0.15) is 27.8 Å². The summed E-state index contributed by atoms with van der Waals surface area (Å²) in [5, 5.41) is 9.00. The minimum absolute atomic E-state index is 0.740. The van der Waals surface area contributed by atoms with Crippen molar-refractivity contribution in [1.82, 2.24) is 4.57 Å². The van der Waals surface area contributed by atoms with Gasteiger partial charge in [0.05, 0.1) is 11.3 Å². The van der Waals surface area contributed by atoms with Gasteiger partial charge >= 0.3 is 0 Å². The van der Waals surface area contributed by atoms with Crippen LogP contribution in [0.3, 0.4) is 0 Å². The number of nitriles is 1. The molecule has 2 aromatic rings. The molecule has 0 atom stereocenters. The molecule has 0 aliphatic rings. The Bertz CT molecular complexity index is 589. The first kappa shape index (κ1) is 11.5. The van der Waals surface area contributed by atoms with Gasteiger partial charge in [0.1, 0.15) is 6.07 Å². The Labute approximate surface area is 102 Å². The van der Waals surface area contributed by atoms with Gasteiger partial charge in [0.25, 0.3) is 0 Å². The molecule has 2 heteroatoms. The van der Waals surface area contributed by atoms with E-state index in [2.05, 4.69) is 43.5 Å². The van der Waals surface area contributed by atoms with Crippen molar-refractivity contribution in [3.05, 3.63) is 52.3 Å². The summed E-state index contributed by atoms with van der Waals surface area (Å²) in [5.41, 5.74) is 6.69. The van der Waals surface area contributed by atoms with Crippen LogP contribution in [0, 0.1) is 39.0 Å². The minimum atomic E-state index is 0.740. The number of aryl methyl sites for hydroxylation is 4. The molecular weight excluding hydrogens is 208 g/mol. The molecule has 0 amide bonds. The van der Waals surface area contributed by atoms with E-state index < -0.39 is 0 Å². The maximum atomic E-state index is 9.00. The van der Waals surface area contributed by atoms with Crippen LogP contribution < -0.4 is 0 Å². The fourth-order valence-corrected chi connectivity index (χ4v) is 2.38. The number of rotatable bonds is 1. The molecule has 86 valence electrons. The Balaban J connectivity index is 2.65. The highest BCUT2D eigenvalue weighted by molar-refractivity contribution is 5.51. The molecule has 0 aliphatic heterocycles. The van der Waals surface area contributed by atoms with E-state index in [-0.39, 0.29) is 0 Å². The van der Waals surface area contributed by atoms with Gasteiger partial charge in [-0.15, -0.1) is 0 Å². The van der Waals surface area contributed by atoms with E-state index in [1.807, 2.05) is 19.3 Å². The maximum absolute atomic E-state index is 9.00. The van der Waals surface area contributed by atoms with Crippen LogP contribution >= 0.6 is 0 Å². The molecule has 0 saturated heterocycles. The average Bonchev–Trinajstić information content (AvgIpc) is 2.57. The highest BCUT2D eigenvalue weighted by Gasteiger charge is 2.08. The van der Waals surface area contributed by atoms with Crippen molar-refractivity contribution in [3.63, 3.8) is 0 Å². The standard InChI is InChI=1S/C15H16N2/c1-10-5-11(2)15(12(3)6-10)17-8-13(4)14(7-16)9-17/h5-6,8-9H,1-4H3. The van der Waals surface area contributed by atoms with Crippen LogP contribution in [-0.2, 0) is 0 Å². The second kappa shape index (κ2) is 4.10. The van der Waals surface area contributed by atoms with E-state index >= 15 is 0 Å². The third-order valence-corrected chi connectivity index (χ3v) is 3.04. The Morgan fingerprint density at radius 3 is 2.00 bits per heavy atom. The minimum Gasteiger partial charge on any atom is -0.322 e. The second-order valence-corrected chi connectivity index (χ2v) is 4.62. The van der Waals surface area contributed by atoms with E-state index in [1.165, 1.54) is 22.4 Å². The monoisotopic (exact) mass is 224 g/mol. The zero-order chi connectivity index (χ0) is 12.6. The topological polar surface area (TPSA) is 28.7 Å². The summed E-state index contributed by atoms with van der Waals surface area (Å²) in [6, 6.07) is 6.56. The van der Waals surface area contributed by atoms with Gasteiger partial charge in [0.2, 0.25) is 0 Å². The van der Waals surface area contributed by atoms with Gasteiger partial charge in [0, 0.05) is 12.4 Å². The zero-order valence-corrected chi connectivity index (χ0v) is 10.7. The van der Waals surface area contributed by atoms with Gasteiger partial charge in [-0.3, -0.25) is 0 Å². The van der Waals surface area contributed by atoms with Crippen molar-refractivity contribution in [2.75, 3.05) is 0 Å². The summed E-state index contributed by atoms with van der Waals surface area (Å²) < 4.78 is 2.05. The van der Waals surface area contributed by atoms with Crippen molar-refractivity contribution in [2.24, 2.45) is 0 Å². The molecule has 0 aliphatic carbocycles. The highest BCUT2D eigenvalue weighted by atomic mass is 15.0. The smallest absolute Gasteiger partial charge is 0.101 e. The summed E-state index contributed by atoms with van der Waals surface area (Å²) in [6.45, 7) is 8.28. The largest absolute Gasteiger partial charge is 0.322 e. The number of nitrogens with zero attached hydrogens (tertiary/aromatic N) is 2. The molecule has 0 saturated carbocycles. The molecule has 0 bridgehead atoms. The van der Waals surface area contributed by atoms with E-state index in [1.54, 1.807) is 0 Å². The summed E-state index contributed by atoms with van der Waals surface area (Å²) >= 11 is 0. The average molecular weight is 224 g/mol. The maximum Gasteiger partial charge on any atom is 0.101 e. The predicted molar refractivity (Wildman–Crippen MR) is 69.4 cm³/mol. The van der Waals surface area contributed by atoms with Crippen LogP contribution in [0.25, 0.3) is 5.69 Å². The Kier molecular flexibility index (Phi) is 2.77. The van der Waals surface area contributed by atoms with E-state index in [0.717, 1.165) is 11.1 Å². The van der Waals surface area contributed by atoms with Crippen LogP contribution in [0.4, 0.5) is 0 Å². The Morgan fingerprint density at radius 1 is 0.941 bits per heavy atom. The first-order chi connectivity index (χ1) is 8.02. The number of benzene rings is 1. The van der Waals surface area contributed by atoms with E-state index in [9.17, 15) is 0 Å². The van der Waals surface area contributed by atoms with Gasteiger partial charge in [-0.2, -0.15) is 5.26 Å². The first-order valence-electron chi connectivity index (χ1n) is 5.70. The molecule has 0 fully saturated rings. The van der Waals surface area contributed by atoms with Crippen LogP contribution in [-0.4, -0.2) is 4.57 Å². The lowest BCUT2D eigenvalue weighted by atomic mass is 10.1. The lowest BCUT2D eigenvalue weighted by Gasteiger charge is -2.12. The van der Waals surface area contributed by atoms with Gasteiger partial charge in [-0.25, -0.2) is 0 Å². The van der Waals surface area contributed by atoms with Gasteiger partial charge in [-0.1, -0.05) is 17.7 Å². The normalized spacial score (nSPS) is 10.3. The molecule has 17 heavy (non-hydrogen) atoms. The lowest BCUT2D eigenvalue weighted by molar-refractivity contribution is 1.03. The summed E-state index contributed by atoms with van der Waals surface area (Å²) in [4.78, 5) is 0. The fraction of sp³-hybridized carbons (Fsp3) is 0.267. The number of hydrogen-bond donors (Lipinski definition) is 0. The molecule has 2 nitrogen and oxygen atoms in total. The highest BCUT2D eigenvalue weighted by Crippen LogP contribution is 2.23. The fourth-order valence-electron chi connectivity index (χ4n) is 2.38. The number of hydrogen-bond acceptors (Lipinski definition) is 1. The molecule has 0 spiro atoms. The first-order valence-corrected chi connectivity index (χ1v) is 5.70. The third kappa shape index (κ3) is 1.97. The molecular formula is C15H16N2. The Hall–Kier alpha value is -2.01. The van der Waals surface area contributed by atoms with E-state index in [0.29, 0.717) is 0 Å². The van der Waals surface area contributed by atoms with Gasteiger partial charge in [-0.05, 0) is 44.4 Å². The van der Waals surface area contributed by atoms with Crippen LogP contribution in [0.2, 0.25) is 0 Å². The van der Waals surface area contributed by atoms with Crippen LogP contribution in [0.5, 0.6) is 0 Å². The summed E-state index contributed by atoms with van der Waals surface area (Å²) in [5.74, 6) is 0. The van der Waals surface area contributed by atoms with Gasteiger partial charge < -0.3 is 4.57 Å². The molecule has 0 unspecified atom stereocenters. The zero-order valence-electron chi connectivity index (χ0n) is 10.7. The molecule has 1 aromatic carbocycles. The molecule has 0 N–H and O–H groups in total. The summed E-state index contributed by atoms with van der Waals surface area (Å²) in [6.07, 6.45) is 3.92. The van der Waals surface area contributed by atoms with Crippen LogP contribution in [0.15, 0.2) is 24.5 Å². The molecule has 0 radical (unpaired) electrons. The summed E-state index contributed by atoms with van der Waals surface area (Å²) in [7, 11) is 0. The van der Waals surface area contributed by atoms with Crippen molar-refractivity contribution in [2.45, 2.75) is 27.7 Å². The van der Waals surface area contributed by atoms with Crippen molar-refractivity contribution in [1.29, 1.82) is 5.26 Å². The SMILES string of the molecule is Cc1cc(C)c(-n2cc(C)c(C#N)c2)c(C)c1. The van der Waals surface area contributed by atoms with Gasteiger partial charge in [0.15, 0.2) is 0 Å². The quantitative estimate of drug-likeness (QED) is 0.727. The lowest BCUT2D eigenvalue weighted by Crippen LogP contribution is -1.98. The third-order valence-electron chi connectivity index (χ3n) is 3.04. The van der Waals surface area contributed by atoms with Crippen molar-refractivity contribution >= 4 is 0 Å². The predicted octanol–water partition coefficient (Wildman–Crippen LogP) is 3.58. The van der Waals surface area contributed by atoms with Crippen molar-refractivity contribution in [3.8, 4) is 11.8 Å². The number of aromatic nitrogens is 1. The molecule has 1 heterocycles. The van der Waals surface area contributed by atoms with Crippen molar-refractivity contribution < 1.29 is 0 Å². The van der Waals surface area contributed by atoms with E-state index in [4.69, 9.17) is 5.26 Å². The molecule has 2 rings (SSSR count).